The number of carbonyl (C=O) groups is 3. The number of halogens is 2. The molecule has 0 saturated carbocycles. The molecule has 4 rings (SSSR count). The third kappa shape index (κ3) is 4.23. The standard InChI is InChI=1S/C25H19ClFN3O3/c1-2-29(18-11-4-3-5-12-18)23(31)16-9-8-10-17(15-16)28-22-21(26)24(32)30(25(22)33)20-14-7-6-13-19(20)27/h3-15,28H,2H2,1H3. The molecule has 0 saturated heterocycles. The van der Waals surface area contributed by atoms with Crippen LogP contribution in [0.5, 0.6) is 0 Å². The molecule has 33 heavy (non-hydrogen) atoms. The summed E-state index contributed by atoms with van der Waals surface area (Å²) in [6.07, 6.45) is 0. The molecule has 6 nitrogen and oxygen atoms in total. The number of imide groups is 1. The lowest BCUT2D eigenvalue weighted by atomic mass is 10.1. The third-order valence-electron chi connectivity index (χ3n) is 5.13. The molecule has 0 aromatic heterocycles. The minimum Gasteiger partial charge on any atom is -0.350 e. The third-order valence-corrected chi connectivity index (χ3v) is 5.48. The number of anilines is 3. The highest BCUT2D eigenvalue weighted by atomic mass is 35.5. The highest BCUT2D eigenvalue weighted by Crippen LogP contribution is 2.31. The monoisotopic (exact) mass is 463 g/mol. The zero-order valence-electron chi connectivity index (χ0n) is 17.6. The Balaban J connectivity index is 1.60. The molecule has 166 valence electrons. The molecule has 0 fully saturated rings. The maximum atomic E-state index is 14.2. The Morgan fingerprint density at radius 2 is 1.67 bits per heavy atom. The Labute approximate surface area is 194 Å². The van der Waals surface area contributed by atoms with Crippen LogP contribution in [0.15, 0.2) is 89.6 Å². The van der Waals surface area contributed by atoms with E-state index in [1.165, 1.54) is 18.2 Å². The van der Waals surface area contributed by atoms with Gasteiger partial charge in [-0.25, -0.2) is 9.29 Å². The zero-order chi connectivity index (χ0) is 23.5. The normalized spacial score (nSPS) is 13.5. The van der Waals surface area contributed by atoms with E-state index in [1.54, 1.807) is 29.2 Å². The quantitative estimate of drug-likeness (QED) is 0.526. The van der Waals surface area contributed by atoms with E-state index in [1.807, 2.05) is 37.3 Å². The Hall–Kier alpha value is -3.97. The molecule has 0 radical (unpaired) electrons. The maximum absolute atomic E-state index is 14.2. The van der Waals surface area contributed by atoms with Gasteiger partial charge in [-0.05, 0) is 49.4 Å². The largest absolute Gasteiger partial charge is 0.350 e. The summed E-state index contributed by atoms with van der Waals surface area (Å²) in [6.45, 7) is 2.33. The summed E-state index contributed by atoms with van der Waals surface area (Å²) in [4.78, 5) is 40.9. The second-order valence-corrected chi connectivity index (χ2v) is 7.55. The van der Waals surface area contributed by atoms with Gasteiger partial charge in [-0.3, -0.25) is 14.4 Å². The van der Waals surface area contributed by atoms with Crippen molar-refractivity contribution in [3.63, 3.8) is 0 Å². The molecule has 0 spiro atoms. The number of carbonyl (C=O) groups excluding carboxylic acids is 3. The molecule has 0 unspecified atom stereocenters. The van der Waals surface area contributed by atoms with E-state index >= 15 is 0 Å². The van der Waals surface area contributed by atoms with Crippen molar-refractivity contribution in [1.29, 1.82) is 0 Å². The molecular formula is C25H19ClFN3O3. The van der Waals surface area contributed by atoms with E-state index in [4.69, 9.17) is 11.6 Å². The first-order chi connectivity index (χ1) is 15.9. The van der Waals surface area contributed by atoms with E-state index in [-0.39, 0.29) is 22.3 Å². The minimum atomic E-state index is -0.831. The van der Waals surface area contributed by atoms with Crippen LogP contribution >= 0.6 is 11.6 Å². The maximum Gasteiger partial charge on any atom is 0.283 e. The number of nitrogens with one attached hydrogen (secondary N) is 1. The Bertz CT molecular complexity index is 1280. The van der Waals surface area contributed by atoms with Gasteiger partial charge in [0.2, 0.25) is 0 Å². The second-order valence-electron chi connectivity index (χ2n) is 7.18. The highest BCUT2D eigenvalue weighted by Gasteiger charge is 2.40. The van der Waals surface area contributed by atoms with Crippen LogP contribution in [0.4, 0.5) is 21.5 Å². The number of nitrogens with zero attached hydrogens (tertiary/aromatic N) is 2. The van der Waals surface area contributed by atoms with Crippen LogP contribution in [-0.2, 0) is 9.59 Å². The van der Waals surface area contributed by atoms with Crippen LogP contribution in [0, 0.1) is 5.82 Å². The van der Waals surface area contributed by atoms with Crippen molar-refractivity contribution in [3.05, 3.63) is 101 Å². The van der Waals surface area contributed by atoms with Crippen molar-refractivity contribution in [2.75, 3.05) is 21.7 Å². The molecule has 1 N–H and O–H groups in total. The van der Waals surface area contributed by atoms with Gasteiger partial charge in [0.15, 0.2) is 0 Å². The number of hydrogen-bond acceptors (Lipinski definition) is 4. The summed E-state index contributed by atoms with van der Waals surface area (Å²) in [5.41, 5.74) is 1.14. The SMILES string of the molecule is CCN(C(=O)c1cccc(NC2=C(Cl)C(=O)N(c3ccccc3F)C2=O)c1)c1ccccc1. The van der Waals surface area contributed by atoms with Crippen LogP contribution in [-0.4, -0.2) is 24.3 Å². The Morgan fingerprint density at radius 1 is 0.970 bits per heavy atom. The van der Waals surface area contributed by atoms with Crippen LogP contribution in [0.3, 0.4) is 0 Å². The lowest BCUT2D eigenvalue weighted by Gasteiger charge is -2.21. The molecule has 3 amide bonds. The summed E-state index contributed by atoms with van der Waals surface area (Å²) >= 11 is 6.13. The molecule has 1 heterocycles. The Morgan fingerprint density at radius 3 is 2.36 bits per heavy atom. The van der Waals surface area contributed by atoms with E-state index in [0.29, 0.717) is 22.7 Å². The van der Waals surface area contributed by atoms with Gasteiger partial charge in [-0.15, -0.1) is 0 Å². The van der Waals surface area contributed by atoms with Crippen LogP contribution in [0.2, 0.25) is 0 Å². The fraction of sp³-hybridized carbons (Fsp3) is 0.0800. The van der Waals surface area contributed by atoms with Crippen LogP contribution < -0.4 is 15.1 Å². The summed E-state index contributed by atoms with van der Waals surface area (Å²) < 4.78 is 14.2. The number of para-hydroxylation sites is 2. The fourth-order valence-corrected chi connectivity index (χ4v) is 3.76. The van der Waals surface area contributed by atoms with Gasteiger partial charge in [0.05, 0.1) is 5.69 Å². The smallest absolute Gasteiger partial charge is 0.283 e. The molecular weight excluding hydrogens is 445 g/mol. The van der Waals surface area contributed by atoms with Crippen molar-refractivity contribution in [2.45, 2.75) is 6.92 Å². The molecule has 0 bridgehead atoms. The average Bonchev–Trinajstić information content (AvgIpc) is 3.04. The summed E-state index contributed by atoms with van der Waals surface area (Å²) in [7, 11) is 0. The van der Waals surface area contributed by atoms with Crippen molar-refractivity contribution in [3.8, 4) is 0 Å². The van der Waals surface area contributed by atoms with Gasteiger partial charge in [-0.2, -0.15) is 0 Å². The number of hydrogen-bond donors (Lipinski definition) is 1. The van der Waals surface area contributed by atoms with Crippen molar-refractivity contribution in [1.82, 2.24) is 0 Å². The predicted molar refractivity (Wildman–Crippen MR) is 126 cm³/mol. The minimum absolute atomic E-state index is 0.187. The second kappa shape index (κ2) is 9.26. The van der Waals surface area contributed by atoms with Crippen molar-refractivity contribution < 1.29 is 18.8 Å². The number of rotatable bonds is 6. The summed E-state index contributed by atoms with van der Waals surface area (Å²) in [5.74, 6) is -2.57. The molecule has 3 aromatic carbocycles. The molecule has 0 aliphatic carbocycles. The average molecular weight is 464 g/mol. The van der Waals surface area contributed by atoms with Gasteiger partial charge >= 0.3 is 0 Å². The molecule has 3 aromatic rings. The first-order valence-corrected chi connectivity index (χ1v) is 10.6. The summed E-state index contributed by atoms with van der Waals surface area (Å²) in [5, 5.41) is 2.46. The topological polar surface area (TPSA) is 69.7 Å². The van der Waals surface area contributed by atoms with Crippen LogP contribution in [0.1, 0.15) is 17.3 Å². The van der Waals surface area contributed by atoms with Gasteiger partial charge in [0, 0.05) is 23.5 Å². The van der Waals surface area contributed by atoms with E-state index < -0.39 is 17.6 Å². The Kier molecular flexibility index (Phi) is 6.24. The number of benzene rings is 3. The van der Waals surface area contributed by atoms with Gasteiger partial charge in [-0.1, -0.05) is 48.0 Å². The molecule has 8 heteroatoms. The number of amides is 3. The highest BCUT2D eigenvalue weighted by molar-refractivity contribution is 6.53. The van der Waals surface area contributed by atoms with Crippen molar-refractivity contribution in [2.24, 2.45) is 0 Å². The predicted octanol–water partition coefficient (Wildman–Crippen LogP) is 4.93. The lowest BCUT2D eigenvalue weighted by Crippen LogP contribution is -2.33. The van der Waals surface area contributed by atoms with Gasteiger partial charge in [0.25, 0.3) is 17.7 Å². The van der Waals surface area contributed by atoms with Crippen molar-refractivity contribution >= 4 is 46.4 Å². The lowest BCUT2D eigenvalue weighted by molar-refractivity contribution is -0.120. The summed E-state index contributed by atoms with van der Waals surface area (Å²) in [6, 6.07) is 21.2. The zero-order valence-corrected chi connectivity index (χ0v) is 18.3. The van der Waals surface area contributed by atoms with E-state index in [2.05, 4.69) is 5.32 Å². The van der Waals surface area contributed by atoms with E-state index in [9.17, 15) is 18.8 Å². The molecule has 1 aliphatic rings. The van der Waals surface area contributed by atoms with Crippen LogP contribution in [0.25, 0.3) is 0 Å². The van der Waals surface area contributed by atoms with E-state index in [0.717, 1.165) is 11.8 Å². The first-order valence-electron chi connectivity index (χ1n) is 10.2. The van der Waals surface area contributed by atoms with Gasteiger partial charge in [0.1, 0.15) is 16.5 Å². The molecule has 0 atom stereocenters. The molecule has 1 aliphatic heterocycles. The van der Waals surface area contributed by atoms with Gasteiger partial charge < -0.3 is 10.2 Å². The fourth-order valence-electron chi connectivity index (χ4n) is 3.54. The first kappa shape index (κ1) is 22.2.